The van der Waals surface area contributed by atoms with Gasteiger partial charge in [-0.05, 0) is 18.4 Å². The Morgan fingerprint density at radius 3 is 2.53 bits per heavy atom. The maximum atomic E-state index is 11.4. The Hall–Kier alpha value is -1.82. The van der Waals surface area contributed by atoms with E-state index in [0.717, 1.165) is 19.1 Å². The van der Waals surface area contributed by atoms with Gasteiger partial charge in [-0.15, -0.1) is 0 Å². The normalized spacial score (nSPS) is 11.6. The van der Waals surface area contributed by atoms with E-state index >= 15 is 0 Å². The van der Waals surface area contributed by atoms with Crippen LogP contribution >= 0.6 is 0 Å². The zero-order valence-electron chi connectivity index (χ0n) is 10.8. The van der Waals surface area contributed by atoms with Gasteiger partial charge in [0, 0.05) is 12.8 Å². The second kappa shape index (κ2) is 5.44. The lowest BCUT2D eigenvalue weighted by atomic mass is 10.1. The van der Waals surface area contributed by atoms with Crippen LogP contribution in [-0.4, -0.2) is 24.5 Å². The molecule has 2 N–H and O–H groups in total. The van der Waals surface area contributed by atoms with Crippen molar-refractivity contribution in [3.05, 3.63) is 42.1 Å². The second-order valence-corrected chi connectivity index (χ2v) is 6.46. The molecule has 5 nitrogen and oxygen atoms in total. The monoisotopic (exact) mass is 279 g/mol. The van der Waals surface area contributed by atoms with Crippen molar-refractivity contribution < 1.29 is 8.42 Å². The molecule has 2 rings (SSSR count). The number of nitrogens with two attached hydrogens (primary N) is 1. The molecule has 2 aromatic rings. The van der Waals surface area contributed by atoms with E-state index in [9.17, 15) is 8.42 Å². The first kappa shape index (κ1) is 13.6. The summed E-state index contributed by atoms with van der Waals surface area (Å²) < 4.78 is 24.4. The fourth-order valence-electron chi connectivity index (χ4n) is 1.92. The van der Waals surface area contributed by atoms with E-state index in [4.69, 9.17) is 5.73 Å². The lowest BCUT2D eigenvalue weighted by Gasteiger charge is -2.05. The van der Waals surface area contributed by atoms with Crippen molar-refractivity contribution in [3.63, 3.8) is 0 Å². The minimum Gasteiger partial charge on any atom is -0.383 e. The Balaban J connectivity index is 2.00. The van der Waals surface area contributed by atoms with Crippen LogP contribution in [0.1, 0.15) is 12.0 Å². The van der Waals surface area contributed by atoms with Crippen molar-refractivity contribution in [1.29, 1.82) is 0 Å². The molecular formula is C13H17N3O2S. The number of aryl methyl sites for hydroxylation is 2. The Morgan fingerprint density at radius 1 is 1.26 bits per heavy atom. The molecule has 19 heavy (non-hydrogen) atoms. The first-order valence-corrected chi connectivity index (χ1v) is 7.93. The van der Waals surface area contributed by atoms with Crippen molar-refractivity contribution in [2.24, 2.45) is 0 Å². The fourth-order valence-corrected chi connectivity index (χ4v) is 2.64. The zero-order valence-corrected chi connectivity index (χ0v) is 11.6. The third-order valence-electron chi connectivity index (χ3n) is 2.92. The maximum absolute atomic E-state index is 11.4. The van der Waals surface area contributed by atoms with E-state index in [-0.39, 0.29) is 10.7 Å². The van der Waals surface area contributed by atoms with Crippen molar-refractivity contribution in [1.82, 2.24) is 9.78 Å². The van der Waals surface area contributed by atoms with E-state index in [1.165, 1.54) is 11.8 Å². The molecule has 0 amide bonds. The average Bonchev–Trinajstić information content (AvgIpc) is 2.72. The van der Waals surface area contributed by atoms with Crippen LogP contribution in [0.5, 0.6) is 0 Å². The summed E-state index contributed by atoms with van der Waals surface area (Å²) in [5.74, 6) is 0.218. The number of hydrogen-bond donors (Lipinski definition) is 1. The standard InChI is InChI=1S/C13H17N3O2S/c1-19(17,18)12-10-15-16(13(12)14)9-5-8-11-6-3-2-4-7-11/h2-4,6-7,10H,5,8-9,14H2,1H3. The molecule has 0 unspecified atom stereocenters. The number of anilines is 1. The summed E-state index contributed by atoms with van der Waals surface area (Å²) in [6.07, 6.45) is 4.22. The van der Waals surface area contributed by atoms with Gasteiger partial charge in [-0.1, -0.05) is 30.3 Å². The third kappa shape index (κ3) is 3.35. The van der Waals surface area contributed by atoms with Gasteiger partial charge in [-0.3, -0.25) is 0 Å². The lowest BCUT2D eigenvalue weighted by Crippen LogP contribution is -2.08. The van der Waals surface area contributed by atoms with Crippen LogP contribution in [0.2, 0.25) is 0 Å². The van der Waals surface area contributed by atoms with Crippen molar-refractivity contribution in [2.45, 2.75) is 24.3 Å². The Bertz CT molecular complexity index is 648. The molecule has 1 aromatic heterocycles. The van der Waals surface area contributed by atoms with E-state index in [0.29, 0.717) is 6.54 Å². The smallest absolute Gasteiger partial charge is 0.180 e. The fraction of sp³-hybridized carbons (Fsp3) is 0.308. The molecule has 0 fully saturated rings. The van der Waals surface area contributed by atoms with Crippen LogP contribution < -0.4 is 5.73 Å². The Labute approximate surface area is 113 Å². The van der Waals surface area contributed by atoms with Crippen LogP contribution in [0.4, 0.5) is 5.82 Å². The molecule has 0 saturated heterocycles. The van der Waals surface area contributed by atoms with E-state index in [2.05, 4.69) is 17.2 Å². The van der Waals surface area contributed by atoms with Gasteiger partial charge >= 0.3 is 0 Å². The highest BCUT2D eigenvalue weighted by Crippen LogP contribution is 2.17. The van der Waals surface area contributed by atoms with Gasteiger partial charge in [-0.25, -0.2) is 13.1 Å². The van der Waals surface area contributed by atoms with Crippen LogP contribution in [-0.2, 0) is 22.8 Å². The first-order chi connectivity index (χ1) is 8.98. The Kier molecular flexibility index (Phi) is 3.90. The molecule has 0 atom stereocenters. The molecule has 0 aliphatic rings. The van der Waals surface area contributed by atoms with Crippen molar-refractivity contribution in [3.8, 4) is 0 Å². The summed E-state index contributed by atoms with van der Waals surface area (Å²) in [6, 6.07) is 10.1. The van der Waals surface area contributed by atoms with Gasteiger partial charge in [0.1, 0.15) is 10.7 Å². The van der Waals surface area contributed by atoms with Crippen molar-refractivity contribution in [2.75, 3.05) is 12.0 Å². The number of benzene rings is 1. The highest BCUT2D eigenvalue weighted by Gasteiger charge is 2.16. The van der Waals surface area contributed by atoms with Gasteiger partial charge in [0.25, 0.3) is 0 Å². The van der Waals surface area contributed by atoms with Gasteiger partial charge in [-0.2, -0.15) is 5.10 Å². The number of hydrogen-bond acceptors (Lipinski definition) is 4. The number of nitrogens with zero attached hydrogens (tertiary/aromatic N) is 2. The summed E-state index contributed by atoms with van der Waals surface area (Å²) in [7, 11) is -3.30. The predicted molar refractivity (Wildman–Crippen MR) is 74.5 cm³/mol. The molecule has 0 bridgehead atoms. The molecule has 1 aromatic carbocycles. The number of rotatable bonds is 5. The van der Waals surface area contributed by atoms with Crippen LogP contribution in [0, 0.1) is 0 Å². The van der Waals surface area contributed by atoms with E-state index in [1.54, 1.807) is 4.68 Å². The topological polar surface area (TPSA) is 78.0 Å². The molecule has 0 saturated carbocycles. The molecule has 0 aliphatic carbocycles. The van der Waals surface area contributed by atoms with Crippen LogP contribution in [0.3, 0.4) is 0 Å². The van der Waals surface area contributed by atoms with E-state index < -0.39 is 9.84 Å². The summed E-state index contributed by atoms with van der Waals surface area (Å²) in [4.78, 5) is 0.104. The minimum atomic E-state index is -3.30. The number of aromatic nitrogens is 2. The largest absolute Gasteiger partial charge is 0.383 e. The average molecular weight is 279 g/mol. The van der Waals surface area contributed by atoms with Crippen LogP contribution in [0.15, 0.2) is 41.4 Å². The maximum Gasteiger partial charge on any atom is 0.180 e. The van der Waals surface area contributed by atoms with Crippen molar-refractivity contribution >= 4 is 15.7 Å². The van der Waals surface area contributed by atoms with Gasteiger partial charge in [0.15, 0.2) is 9.84 Å². The summed E-state index contributed by atoms with van der Waals surface area (Å²) >= 11 is 0. The number of sulfone groups is 1. The molecule has 102 valence electrons. The van der Waals surface area contributed by atoms with Gasteiger partial charge in [0.2, 0.25) is 0 Å². The molecule has 6 heteroatoms. The number of nitrogen functional groups attached to an aromatic ring is 1. The SMILES string of the molecule is CS(=O)(=O)c1cnn(CCCc2ccccc2)c1N. The van der Waals surface area contributed by atoms with Gasteiger partial charge < -0.3 is 5.73 Å². The molecule has 0 spiro atoms. The molecule has 0 radical (unpaired) electrons. The highest BCUT2D eigenvalue weighted by atomic mass is 32.2. The van der Waals surface area contributed by atoms with E-state index in [1.807, 2.05) is 18.2 Å². The third-order valence-corrected chi connectivity index (χ3v) is 4.04. The predicted octanol–water partition coefficient (Wildman–Crippen LogP) is 1.50. The lowest BCUT2D eigenvalue weighted by molar-refractivity contribution is 0.584. The van der Waals surface area contributed by atoms with Gasteiger partial charge in [0.05, 0.1) is 6.20 Å². The Morgan fingerprint density at radius 2 is 1.95 bits per heavy atom. The minimum absolute atomic E-state index is 0.104. The highest BCUT2D eigenvalue weighted by molar-refractivity contribution is 7.90. The molecule has 1 heterocycles. The summed E-state index contributed by atoms with van der Waals surface area (Å²) in [5, 5.41) is 4.03. The molecular weight excluding hydrogens is 262 g/mol. The summed E-state index contributed by atoms with van der Waals surface area (Å²) in [6.45, 7) is 0.607. The zero-order chi connectivity index (χ0) is 13.9. The first-order valence-electron chi connectivity index (χ1n) is 6.04. The quantitative estimate of drug-likeness (QED) is 0.899. The molecule has 0 aliphatic heterocycles. The second-order valence-electron chi connectivity index (χ2n) is 4.48. The van der Waals surface area contributed by atoms with Crippen LogP contribution in [0.25, 0.3) is 0 Å². The summed E-state index contributed by atoms with van der Waals surface area (Å²) in [5.41, 5.74) is 7.04.